The Morgan fingerprint density at radius 1 is 0.562 bits per heavy atom. The van der Waals surface area contributed by atoms with Gasteiger partial charge in [-0.2, -0.15) is 0 Å². The molecule has 1 aliphatic heterocycles. The van der Waals surface area contributed by atoms with E-state index < -0.39 is 13.0 Å². The Morgan fingerprint density at radius 2 is 1.00 bits per heavy atom. The van der Waals surface area contributed by atoms with Crippen LogP contribution in [0.4, 0.5) is 0 Å². The minimum atomic E-state index is -3.15. The lowest BCUT2D eigenvalue weighted by molar-refractivity contribution is 0.276. The highest BCUT2D eigenvalue weighted by Gasteiger charge is 2.39. The van der Waals surface area contributed by atoms with Crippen LogP contribution in [-0.4, -0.2) is 5.85 Å². The van der Waals surface area contributed by atoms with E-state index in [2.05, 4.69) is 12.1 Å². The summed E-state index contributed by atoms with van der Waals surface area (Å²) >= 11 is 0. The maximum atomic E-state index is 14.9. The van der Waals surface area contributed by atoms with Gasteiger partial charge in [0.1, 0.15) is 5.76 Å². The number of benzene rings is 4. The van der Waals surface area contributed by atoms with Gasteiger partial charge in [-0.3, -0.25) is 0 Å². The summed E-state index contributed by atoms with van der Waals surface area (Å²) in [5, 5.41) is 1.57. The third-order valence-corrected chi connectivity index (χ3v) is 8.76. The standard InChI is InChI=1S/C29H23O2P/c30-32(26-17-9-3-10-18-26,27-19-11-4-12-20-27)29-22-25(23-13-5-1-6-14-23)21-28(31-29)24-15-7-2-8-16-24/h1-22,29H/t29-/m1/s1. The number of allylic oxidation sites excluding steroid dienone is 2. The van der Waals surface area contributed by atoms with Crippen molar-refractivity contribution in [2.45, 2.75) is 5.85 Å². The normalized spacial score (nSPS) is 15.9. The average molecular weight is 434 g/mol. The third kappa shape index (κ3) is 3.86. The minimum Gasteiger partial charge on any atom is -0.477 e. The van der Waals surface area contributed by atoms with E-state index in [1.807, 2.05) is 121 Å². The topological polar surface area (TPSA) is 26.3 Å². The second-order valence-electron chi connectivity index (χ2n) is 7.70. The summed E-state index contributed by atoms with van der Waals surface area (Å²) in [6, 6.07) is 39.6. The van der Waals surface area contributed by atoms with Crippen LogP contribution in [0.25, 0.3) is 11.3 Å². The van der Waals surface area contributed by atoms with Crippen molar-refractivity contribution in [3.8, 4) is 0 Å². The molecule has 0 fully saturated rings. The Balaban J connectivity index is 1.70. The molecule has 32 heavy (non-hydrogen) atoms. The van der Waals surface area contributed by atoms with Gasteiger partial charge in [0, 0.05) is 16.2 Å². The highest BCUT2D eigenvalue weighted by atomic mass is 31.2. The predicted octanol–water partition coefficient (Wildman–Crippen LogP) is 6.48. The Hall–Kier alpha value is -3.61. The second-order valence-corrected chi connectivity index (χ2v) is 10.6. The molecule has 0 unspecified atom stereocenters. The van der Waals surface area contributed by atoms with Crippen molar-refractivity contribution in [1.82, 2.24) is 0 Å². The van der Waals surface area contributed by atoms with E-state index in [-0.39, 0.29) is 0 Å². The molecule has 0 N–H and O–H groups in total. The van der Waals surface area contributed by atoms with Crippen LogP contribution in [0, 0.1) is 0 Å². The lowest BCUT2D eigenvalue weighted by atomic mass is 10.0. The zero-order valence-corrected chi connectivity index (χ0v) is 18.4. The van der Waals surface area contributed by atoms with E-state index in [1.54, 1.807) is 0 Å². The van der Waals surface area contributed by atoms with Crippen molar-refractivity contribution in [2.75, 3.05) is 0 Å². The van der Waals surface area contributed by atoms with Crippen molar-refractivity contribution >= 4 is 29.1 Å². The molecule has 0 bridgehead atoms. The van der Waals surface area contributed by atoms with Crippen LogP contribution < -0.4 is 10.6 Å². The molecule has 1 aliphatic rings. The predicted molar refractivity (Wildman–Crippen MR) is 133 cm³/mol. The molecule has 4 aromatic rings. The maximum absolute atomic E-state index is 14.9. The smallest absolute Gasteiger partial charge is 0.185 e. The highest BCUT2D eigenvalue weighted by Crippen LogP contribution is 2.53. The van der Waals surface area contributed by atoms with Gasteiger partial charge in [0.25, 0.3) is 0 Å². The summed E-state index contributed by atoms with van der Waals surface area (Å²) < 4.78 is 21.4. The van der Waals surface area contributed by atoms with Crippen molar-refractivity contribution in [3.63, 3.8) is 0 Å². The van der Waals surface area contributed by atoms with Crippen molar-refractivity contribution in [3.05, 3.63) is 145 Å². The van der Waals surface area contributed by atoms with Crippen LogP contribution in [0.1, 0.15) is 11.1 Å². The van der Waals surface area contributed by atoms with Gasteiger partial charge in [-0.1, -0.05) is 121 Å². The number of ether oxygens (including phenoxy) is 1. The zero-order chi connectivity index (χ0) is 21.8. The summed E-state index contributed by atoms with van der Waals surface area (Å²) in [6.45, 7) is 0. The zero-order valence-electron chi connectivity index (χ0n) is 17.5. The Morgan fingerprint density at radius 3 is 1.50 bits per heavy atom. The summed E-state index contributed by atoms with van der Waals surface area (Å²) in [5.74, 6) is 0.103. The maximum Gasteiger partial charge on any atom is 0.185 e. The molecule has 4 aromatic carbocycles. The van der Waals surface area contributed by atoms with Crippen molar-refractivity contribution in [1.29, 1.82) is 0 Å². The van der Waals surface area contributed by atoms with Gasteiger partial charge in [-0.15, -0.1) is 0 Å². The minimum absolute atomic E-state index is 0.622. The van der Waals surface area contributed by atoms with Crippen LogP contribution in [0.5, 0.6) is 0 Å². The summed E-state index contributed by atoms with van der Waals surface area (Å²) in [7, 11) is -3.15. The molecule has 0 amide bonds. The molecule has 3 heteroatoms. The molecule has 1 heterocycles. The molecule has 0 aromatic heterocycles. The summed E-state index contributed by atoms with van der Waals surface area (Å²) in [6.07, 6.45) is 4.06. The van der Waals surface area contributed by atoms with Gasteiger partial charge in [-0.05, 0) is 23.3 Å². The number of hydrogen-bond donors (Lipinski definition) is 0. The molecule has 156 valence electrons. The molecule has 1 atom stereocenters. The van der Waals surface area contributed by atoms with Crippen LogP contribution >= 0.6 is 7.14 Å². The monoisotopic (exact) mass is 434 g/mol. The molecule has 0 saturated carbocycles. The second kappa shape index (κ2) is 8.86. The first-order valence-electron chi connectivity index (χ1n) is 10.7. The molecule has 0 saturated heterocycles. The summed E-state index contributed by atoms with van der Waals surface area (Å²) in [5.41, 5.74) is 3.04. The number of rotatable bonds is 5. The van der Waals surface area contributed by atoms with Crippen molar-refractivity contribution in [2.24, 2.45) is 0 Å². The van der Waals surface area contributed by atoms with Crippen molar-refractivity contribution < 1.29 is 9.30 Å². The quantitative estimate of drug-likeness (QED) is 0.336. The molecule has 0 spiro atoms. The first-order valence-corrected chi connectivity index (χ1v) is 12.4. The van der Waals surface area contributed by atoms with E-state index in [0.717, 1.165) is 33.1 Å². The lowest BCUT2D eigenvalue weighted by Gasteiger charge is -2.31. The van der Waals surface area contributed by atoms with Crippen LogP contribution in [0.2, 0.25) is 0 Å². The highest BCUT2D eigenvalue weighted by molar-refractivity contribution is 7.79. The SMILES string of the molecule is O=P(c1ccccc1)(c1ccccc1)[C@@H]1C=C(c2ccccc2)C=C(c2ccccc2)O1. The Kier molecular flexibility index (Phi) is 5.62. The van der Waals surface area contributed by atoms with Gasteiger partial charge in [0.05, 0.1) is 0 Å². The summed E-state index contributed by atoms with van der Waals surface area (Å²) in [4.78, 5) is 0. The van der Waals surface area contributed by atoms with Gasteiger partial charge in [0.15, 0.2) is 13.0 Å². The van der Waals surface area contributed by atoms with E-state index in [9.17, 15) is 4.57 Å². The third-order valence-electron chi connectivity index (χ3n) is 5.66. The van der Waals surface area contributed by atoms with Gasteiger partial charge >= 0.3 is 0 Å². The fourth-order valence-electron chi connectivity index (χ4n) is 4.03. The first kappa shape index (κ1) is 20.3. The molecule has 0 radical (unpaired) electrons. The van der Waals surface area contributed by atoms with Gasteiger partial charge < -0.3 is 9.30 Å². The largest absolute Gasteiger partial charge is 0.477 e. The van der Waals surface area contributed by atoms with E-state index in [4.69, 9.17) is 4.74 Å². The molecule has 0 aliphatic carbocycles. The lowest BCUT2D eigenvalue weighted by Crippen LogP contribution is -2.27. The van der Waals surface area contributed by atoms with E-state index in [1.165, 1.54) is 0 Å². The molecular formula is C29H23O2P. The van der Waals surface area contributed by atoms with Gasteiger partial charge in [0.2, 0.25) is 0 Å². The average Bonchev–Trinajstić information content (AvgIpc) is 2.90. The number of hydrogen-bond acceptors (Lipinski definition) is 2. The van der Waals surface area contributed by atoms with Gasteiger partial charge in [-0.25, -0.2) is 0 Å². The first-order chi connectivity index (χ1) is 15.7. The molecule has 2 nitrogen and oxygen atoms in total. The fourth-order valence-corrected chi connectivity index (χ4v) is 6.77. The van der Waals surface area contributed by atoms with Crippen LogP contribution in [-0.2, 0) is 9.30 Å². The van der Waals surface area contributed by atoms with E-state index in [0.29, 0.717) is 0 Å². The molecular weight excluding hydrogens is 411 g/mol. The fraction of sp³-hybridized carbons (Fsp3) is 0.0345. The Labute approximate surface area is 188 Å². The van der Waals surface area contributed by atoms with Crippen LogP contribution in [0.3, 0.4) is 0 Å². The molecule has 5 rings (SSSR count). The van der Waals surface area contributed by atoms with Crippen LogP contribution in [0.15, 0.2) is 133 Å². The van der Waals surface area contributed by atoms with E-state index >= 15 is 0 Å². The Bertz CT molecular complexity index is 1250.